The van der Waals surface area contributed by atoms with Gasteiger partial charge in [-0.15, -0.1) is 11.3 Å². The van der Waals surface area contributed by atoms with Gasteiger partial charge in [0.15, 0.2) is 0 Å². The standard InChI is InChI=1S/C12H10ClN3O3S/c13-10-6-14-5-8(15-10)12(19)16-7(4-11(17)18)9-2-1-3-20-9/h1-3,5-7H,4H2,(H,16,19)(H,17,18). The summed E-state index contributed by atoms with van der Waals surface area (Å²) >= 11 is 7.04. The molecule has 0 aliphatic heterocycles. The number of carboxylic acids is 1. The second-order valence-electron chi connectivity index (χ2n) is 3.87. The lowest BCUT2D eigenvalue weighted by atomic mass is 10.1. The van der Waals surface area contributed by atoms with Crippen LogP contribution >= 0.6 is 22.9 Å². The highest BCUT2D eigenvalue weighted by Gasteiger charge is 2.20. The molecule has 1 amide bonds. The molecule has 1 unspecified atom stereocenters. The van der Waals surface area contributed by atoms with E-state index in [1.54, 1.807) is 12.1 Å². The molecule has 20 heavy (non-hydrogen) atoms. The number of amides is 1. The summed E-state index contributed by atoms with van der Waals surface area (Å²) in [6, 6.07) is 2.95. The van der Waals surface area contributed by atoms with Crippen LogP contribution in [-0.4, -0.2) is 27.0 Å². The van der Waals surface area contributed by atoms with Gasteiger partial charge in [-0.25, -0.2) is 4.98 Å². The van der Waals surface area contributed by atoms with Gasteiger partial charge in [0.2, 0.25) is 0 Å². The molecule has 0 aromatic carbocycles. The monoisotopic (exact) mass is 311 g/mol. The third kappa shape index (κ3) is 3.75. The van der Waals surface area contributed by atoms with E-state index in [0.29, 0.717) is 0 Å². The van der Waals surface area contributed by atoms with Crippen molar-refractivity contribution in [3.05, 3.63) is 45.6 Å². The zero-order chi connectivity index (χ0) is 14.5. The van der Waals surface area contributed by atoms with E-state index in [0.717, 1.165) is 4.88 Å². The smallest absolute Gasteiger partial charge is 0.305 e. The van der Waals surface area contributed by atoms with Gasteiger partial charge in [0.25, 0.3) is 5.91 Å². The Morgan fingerprint density at radius 1 is 1.45 bits per heavy atom. The van der Waals surface area contributed by atoms with Crippen LogP contribution in [0.4, 0.5) is 0 Å². The lowest BCUT2D eigenvalue weighted by Gasteiger charge is -2.15. The molecule has 2 aromatic rings. The topological polar surface area (TPSA) is 92.2 Å². The van der Waals surface area contributed by atoms with Gasteiger partial charge in [0, 0.05) is 4.88 Å². The number of nitrogens with zero attached hydrogens (tertiary/aromatic N) is 2. The maximum absolute atomic E-state index is 12.0. The van der Waals surface area contributed by atoms with Crippen LogP contribution in [0.5, 0.6) is 0 Å². The van der Waals surface area contributed by atoms with Crippen LogP contribution in [0.1, 0.15) is 27.8 Å². The quantitative estimate of drug-likeness (QED) is 0.882. The fourth-order valence-corrected chi connectivity index (χ4v) is 2.50. The molecule has 1 atom stereocenters. The summed E-state index contributed by atoms with van der Waals surface area (Å²) in [7, 11) is 0. The van der Waals surface area contributed by atoms with E-state index in [9.17, 15) is 9.59 Å². The number of hydrogen-bond donors (Lipinski definition) is 2. The largest absolute Gasteiger partial charge is 0.481 e. The highest BCUT2D eigenvalue weighted by Crippen LogP contribution is 2.22. The van der Waals surface area contributed by atoms with Crippen molar-refractivity contribution in [2.24, 2.45) is 0 Å². The molecule has 0 bridgehead atoms. The van der Waals surface area contributed by atoms with E-state index >= 15 is 0 Å². The van der Waals surface area contributed by atoms with Crippen LogP contribution in [0.2, 0.25) is 5.15 Å². The van der Waals surface area contributed by atoms with Crippen molar-refractivity contribution in [1.29, 1.82) is 0 Å². The van der Waals surface area contributed by atoms with Crippen molar-refractivity contribution in [3.8, 4) is 0 Å². The summed E-state index contributed by atoms with van der Waals surface area (Å²) in [6.45, 7) is 0. The van der Waals surface area contributed by atoms with Gasteiger partial charge in [0.05, 0.1) is 24.9 Å². The van der Waals surface area contributed by atoms with Crippen molar-refractivity contribution in [2.45, 2.75) is 12.5 Å². The number of rotatable bonds is 5. The summed E-state index contributed by atoms with van der Waals surface area (Å²) < 4.78 is 0. The van der Waals surface area contributed by atoms with E-state index in [1.165, 1.54) is 23.7 Å². The zero-order valence-electron chi connectivity index (χ0n) is 10.1. The lowest BCUT2D eigenvalue weighted by molar-refractivity contribution is -0.137. The predicted octanol–water partition coefficient (Wildman–Crippen LogP) is 2.14. The zero-order valence-corrected chi connectivity index (χ0v) is 11.7. The Balaban J connectivity index is 2.15. The van der Waals surface area contributed by atoms with E-state index in [-0.39, 0.29) is 17.3 Å². The normalized spacial score (nSPS) is 11.8. The highest BCUT2D eigenvalue weighted by atomic mass is 35.5. The summed E-state index contributed by atoms with van der Waals surface area (Å²) in [5.74, 6) is -1.51. The van der Waals surface area contributed by atoms with E-state index in [1.807, 2.05) is 5.38 Å². The Morgan fingerprint density at radius 2 is 2.25 bits per heavy atom. The first-order chi connectivity index (χ1) is 9.56. The van der Waals surface area contributed by atoms with E-state index < -0.39 is 17.9 Å². The van der Waals surface area contributed by atoms with Gasteiger partial charge in [-0.2, -0.15) is 0 Å². The van der Waals surface area contributed by atoms with Gasteiger partial charge >= 0.3 is 5.97 Å². The molecule has 0 spiro atoms. The highest BCUT2D eigenvalue weighted by molar-refractivity contribution is 7.10. The first-order valence-electron chi connectivity index (χ1n) is 5.60. The van der Waals surface area contributed by atoms with Crippen LogP contribution in [0.3, 0.4) is 0 Å². The van der Waals surface area contributed by atoms with E-state index in [2.05, 4.69) is 15.3 Å². The number of aliphatic carboxylic acids is 1. The lowest BCUT2D eigenvalue weighted by Crippen LogP contribution is -2.30. The third-order valence-electron chi connectivity index (χ3n) is 2.41. The first-order valence-corrected chi connectivity index (χ1v) is 6.85. The fraction of sp³-hybridized carbons (Fsp3) is 0.167. The summed E-state index contributed by atoms with van der Waals surface area (Å²) in [4.78, 5) is 31.3. The number of halogens is 1. The number of carbonyl (C=O) groups excluding carboxylic acids is 1. The average Bonchev–Trinajstić information content (AvgIpc) is 2.91. The van der Waals surface area contributed by atoms with Crippen LogP contribution in [0.25, 0.3) is 0 Å². The Morgan fingerprint density at radius 3 is 2.85 bits per heavy atom. The molecular weight excluding hydrogens is 302 g/mol. The Bertz CT molecular complexity index is 618. The molecule has 0 saturated carbocycles. The first kappa shape index (κ1) is 14.4. The van der Waals surface area contributed by atoms with Crippen LogP contribution in [0, 0.1) is 0 Å². The molecule has 6 nitrogen and oxygen atoms in total. The fourth-order valence-electron chi connectivity index (χ4n) is 1.57. The molecular formula is C12H10ClN3O3S. The average molecular weight is 312 g/mol. The second kappa shape index (κ2) is 6.44. The number of thiophene rings is 1. The van der Waals surface area contributed by atoms with Crippen molar-refractivity contribution in [3.63, 3.8) is 0 Å². The second-order valence-corrected chi connectivity index (χ2v) is 5.23. The minimum Gasteiger partial charge on any atom is -0.481 e. The number of carboxylic acid groups (broad SMARTS) is 1. The molecule has 0 aliphatic carbocycles. The maximum Gasteiger partial charge on any atom is 0.305 e. The molecule has 0 aliphatic rings. The molecule has 0 fully saturated rings. The number of aromatic nitrogens is 2. The van der Waals surface area contributed by atoms with Crippen LogP contribution in [-0.2, 0) is 4.79 Å². The summed E-state index contributed by atoms with van der Waals surface area (Å²) in [5, 5.41) is 13.5. The Hall–Kier alpha value is -1.99. The minimum atomic E-state index is -0.999. The molecule has 2 rings (SSSR count). The van der Waals surface area contributed by atoms with Gasteiger partial charge < -0.3 is 10.4 Å². The summed E-state index contributed by atoms with van der Waals surface area (Å²) in [5.41, 5.74) is 0.0458. The molecule has 104 valence electrons. The number of hydrogen-bond acceptors (Lipinski definition) is 5. The van der Waals surface area contributed by atoms with Crippen molar-refractivity contribution in [2.75, 3.05) is 0 Å². The van der Waals surface area contributed by atoms with Crippen molar-refractivity contribution >= 4 is 34.8 Å². The van der Waals surface area contributed by atoms with Crippen molar-refractivity contribution < 1.29 is 14.7 Å². The van der Waals surface area contributed by atoms with Crippen LogP contribution in [0.15, 0.2) is 29.9 Å². The van der Waals surface area contributed by atoms with Gasteiger partial charge in [-0.1, -0.05) is 17.7 Å². The Labute approximate surface area is 123 Å². The number of carbonyl (C=O) groups is 2. The SMILES string of the molecule is O=C(O)CC(NC(=O)c1cncc(Cl)n1)c1cccs1. The molecule has 8 heteroatoms. The minimum absolute atomic E-state index is 0.0458. The van der Waals surface area contributed by atoms with Crippen LogP contribution < -0.4 is 5.32 Å². The predicted molar refractivity (Wildman–Crippen MR) is 73.8 cm³/mol. The van der Waals surface area contributed by atoms with E-state index in [4.69, 9.17) is 16.7 Å². The third-order valence-corrected chi connectivity index (χ3v) is 3.58. The molecule has 2 heterocycles. The molecule has 2 aromatic heterocycles. The van der Waals surface area contributed by atoms with Crippen molar-refractivity contribution in [1.82, 2.24) is 15.3 Å². The molecule has 2 N–H and O–H groups in total. The Kier molecular flexibility index (Phi) is 4.65. The number of nitrogens with one attached hydrogen (secondary N) is 1. The molecule has 0 radical (unpaired) electrons. The maximum atomic E-state index is 12.0. The molecule has 0 saturated heterocycles. The van der Waals surface area contributed by atoms with Gasteiger partial charge in [-0.3, -0.25) is 14.6 Å². The van der Waals surface area contributed by atoms with Gasteiger partial charge in [0.1, 0.15) is 10.8 Å². The summed E-state index contributed by atoms with van der Waals surface area (Å²) in [6.07, 6.45) is 2.38. The van der Waals surface area contributed by atoms with Gasteiger partial charge in [-0.05, 0) is 11.4 Å².